The van der Waals surface area contributed by atoms with Crippen LogP contribution in [0.25, 0.3) is 0 Å². The van der Waals surface area contributed by atoms with Gasteiger partial charge >= 0.3 is 0 Å². The average molecular weight is 369 g/mol. The third kappa shape index (κ3) is 24.2. The summed E-state index contributed by atoms with van der Waals surface area (Å²) in [6.07, 6.45) is 6.49. The van der Waals surface area contributed by atoms with Crippen LogP contribution in [0.2, 0.25) is 0 Å². The SMILES string of the molecule is CC.CCNCCSSOCCCCC(=O)NC/C=C/C(C)C.[HH].[HH]. The van der Waals surface area contributed by atoms with Gasteiger partial charge in [0, 0.05) is 28.1 Å². The van der Waals surface area contributed by atoms with E-state index in [2.05, 4.69) is 37.5 Å². The first kappa shape index (κ1) is 25.1. The number of nitrogens with one attached hydrogen (secondary N) is 2. The number of hydrogen-bond acceptors (Lipinski definition) is 5. The van der Waals surface area contributed by atoms with Crippen LogP contribution in [-0.2, 0) is 8.98 Å². The Morgan fingerprint density at radius 3 is 2.70 bits per heavy atom. The minimum atomic E-state index is 0. The lowest BCUT2D eigenvalue weighted by Crippen LogP contribution is -2.22. The minimum absolute atomic E-state index is 0. The molecule has 0 aromatic heterocycles. The van der Waals surface area contributed by atoms with E-state index in [0.717, 1.165) is 31.7 Å². The Labute approximate surface area is 154 Å². The molecule has 0 aliphatic carbocycles. The second-order valence-electron chi connectivity index (χ2n) is 5.00. The summed E-state index contributed by atoms with van der Waals surface area (Å²) in [5.74, 6) is 1.70. The molecule has 0 bridgehead atoms. The molecule has 0 atom stereocenters. The standard InChI is InChI=1S/C15H30N2O2S2.C2H6.2H2/c1-4-16-11-13-20-21-19-12-6-5-9-15(18)17-10-7-8-14(2)3;1-2;;/h7-8,14,16H,4-6,9-13H2,1-3H3,(H,17,18);1-2H3;2*1H/b8-7+;;;. The van der Waals surface area contributed by atoms with E-state index < -0.39 is 0 Å². The maximum Gasteiger partial charge on any atom is 0.220 e. The molecule has 23 heavy (non-hydrogen) atoms. The molecule has 142 valence electrons. The highest BCUT2D eigenvalue weighted by molar-refractivity contribution is 8.74. The monoisotopic (exact) mass is 368 g/mol. The maximum absolute atomic E-state index is 11.5. The van der Waals surface area contributed by atoms with Crippen molar-refractivity contribution in [3.63, 3.8) is 0 Å². The largest absolute Gasteiger partial charge is 0.353 e. The number of rotatable bonds is 14. The van der Waals surface area contributed by atoms with Crippen molar-refractivity contribution in [1.82, 2.24) is 10.6 Å². The number of amides is 1. The van der Waals surface area contributed by atoms with Crippen LogP contribution in [0.15, 0.2) is 12.2 Å². The smallest absolute Gasteiger partial charge is 0.220 e. The third-order valence-electron chi connectivity index (χ3n) is 2.53. The molecule has 0 fully saturated rings. The lowest BCUT2D eigenvalue weighted by Gasteiger charge is -2.04. The van der Waals surface area contributed by atoms with Crippen molar-refractivity contribution >= 4 is 27.8 Å². The van der Waals surface area contributed by atoms with Gasteiger partial charge in [-0.1, -0.05) is 57.6 Å². The molecule has 4 nitrogen and oxygen atoms in total. The predicted molar refractivity (Wildman–Crippen MR) is 111 cm³/mol. The molecule has 0 aromatic carbocycles. The van der Waals surface area contributed by atoms with Crippen LogP contribution in [0.1, 0.15) is 56.7 Å². The van der Waals surface area contributed by atoms with Gasteiger partial charge < -0.3 is 14.8 Å². The number of hydrogen-bond donors (Lipinski definition) is 2. The van der Waals surface area contributed by atoms with Gasteiger partial charge in [0.15, 0.2) is 0 Å². The molecule has 0 saturated heterocycles. The van der Waals surface area contributed by atoms with Crippen molar-refractivity contribution in [1.29, 1.82) is 0 Å². The number of unbranched alkanes of at least 4 members (excludes halogenated alkanes) is 1. The molecule has 0 spiro atoms. The first-order valence-electron chi connectivity index (χ1n) is 8.72. The first-order valence-corrected chi connectivity index (χ1v) is 11.0. The molecule has 6 heteroatoms. The van der Waals surface area contributed by atoms with Crippen molar-refractivity contribution in [2.45, 2.75) is 53.9 Å². The van der Waals surface area contributed by atoms with Gasteiger partial charge in [-0.25, -0.2) is 0 Å². The van der Waals surface area contributed by atoms with E-state index in [9.17, 15) is 4.79 Å². The fourth-order valence-corrected chi connectivity index (χ4v) is 2.85. The van der Waals surface area contributed by atoms with Gasteiger partial charge in [-0.15, -0.1) is 0 Å². The van der Waals surface area contributed by atoms with Gasteiger partial charge in [0.1, 0.15) is 0 Å². The van der Waals surface area contributed by atoms with Gasteiger partial charge in [-0.2, -0.15) is 0 Å². The highest BCUT2D eigenvalue weighted by Crippen LogP contribution is 2.21. The Morgan fingerprint density at radius 1 is 1.30 bits per heavy atom. The zero-order chi connectivity index (χ0) is 17.8. The van der Waals surface area contributed by atoms with Crippen molar-refractivity contribution in [2.24, 2.45) is 5.92 Å². The van der Waals surface area contributed by atoms with Crippen molar-refractivity contribution < 1.29 is 11.8 Å². The van der Waals surface area contributed by atoms with Gasteiger partial charge in [-0.05, 0) is 25.3 Å². The van der Waals surface area contributed by atoms with Crippen LogP contribution in [0.5, 0.6) is 0 Å². The van der Waals surface area contributed by atoms with Gasteiger partial charge in [0.05, 0.1) is 17.7 Å². The molecule has 0 radical (unpaired) electrons. The molecule has 0 aliphatic heterocycles. The van der Waals surface area contributed by atoms with Crippen LogP contribution < -0.4 is 10.6 Å². The molecule has 0 aliphatic rings. The van der Waals surface area contributed by atoms with Gasteiger partial charge in [-0.3, -0.25) is 4.79 Å². The van der Waals surface area contributed by atoms with Crippen LogP contribution in [0, 0.1) is 5.92 Å². The fourth-order valence-electron chi connectivity index (χ4n) is 1.44. The van der Waals surface area contributed by atoms with Crippen LogP contribution in [0.4, 0.5) is 0 Å². The van der Waals surface area contributed by atoms with E-state index >= 15 is 0 Å². The summed E-state index contributed by atoms with van der Waals surface area (Å²) in [4.78, 5) is 11.5. The lowest BCUT2D eigenvalue weighted by atomic mass is 10.2. The molecule has 0 unspecified atom stereocenters. The Morgan fingerprint density at radius 2 is 2.04 bits per heavy atom. The van der Waals surface area contributed by atoms with Crippen molar-refractivity contribution in [2.75, 3.05) is 32.0 Å². The van der Waals surface area contributed by atoms with Crippen molar-refractivity contribution in [3.8, 4) is 0 Å². The fraction of sp³-hybridized carbons (Fsp3) is 0.824. The Bertz CT molecular complexity index is 285. The Hall–Kier alpha value is -0.170. The molecule has 0 rings (SSSR count). The van der Waals surface area contributed by atoms with Crippen molar-refractivity contribution in [3.05, 3.63) is 12.2 Å². The minimum Gasteiger partial charge on any atom is -0.353 e. The topological polar surface area (TPSA) is 50.4 Å². The predicted octanol–water partition coefficient (Wildman–Crippen LogP) is 4.93. The average Bonchev–Trinajstić information content (AvgIpc) is 2.55. The molecule has 0 aromatic rings. The van der Waals surface area contributed by atoms with Gasteiger partial charge in [0.2, 0.25) is 5.91 Å². The van der Waals surface area contributed by atoms with E-state index in [1.165, 1.54) is 11.1 Å². The van der Waals surface area contributed by atoms with Crippen LogP contribution >= 0.6 is 21.9 Å². The van der Waals surface area contributed by atoms with E-state index in [1.807, 2.05) is 19.9 Å². The summed E-state index contributed by atoms with van der Waals surface area (Å²) < 4.78 is 5.43. The first-order chi connectivity index (χ1) is 11.2. The van der Waals surface area contributed by atoms with Crippen LogP contribution in [-0.4, -0.2) is 37.9 Å². The quantitative estimate of drug-likeness (QED) is 0.197. The molecule has 0 saturated carbocycles. The second kappa shape index (κ2) is 21.8. The molecular weight excluding hydrogens is 328 g/mol. The Kier molecular flexibility index (Phi) is 23.8. The lowest BCUT2D eigenvalue weighted by molar-refractivity contribution is -0.121. The van der Waals surface area contributed by atoms with Gasteiger partial charge in [0.25, 0.3) is 0 Å². The Balaban J connectivity index is -0.000000530. The number of carbonyl (C=O) groups excluding carboxylic acids is 1. The van der Waals surface area contributed by atoms with Crippen LogP contribution in [0.3, 0.4) is 0 Å². The highest BCUT2D eigenvalue weighted by atomic mass is 33.1. The van der Waals surface area contributed by atoms with E-state index in [-0.39, 0.29) is 8.76 Å². The van der Waals surface area contributed by atoms with E-state index in [4.69, 9.17) is 4.18 Å². The zero-order valence-corrected chi connectivity index (χ0v) is 17.2. The molecule has 0 heterocycles. The second-order valence-corrected chi connectivity index (χ2v) is 7.13. The van der Waals surface area contributed by atoms with E-state index in [1.54, 1.807) is 10.8 Å². The molecule has 2 N–H and O–H groups in total. The maximum atomic E-state index is 11.5. The summed E-state index contributed by atoms with van der Waals surface area (Å²) in [7, 11) is 1.72. The summed E-state index contributed by atoms with van der Waals surface area (Å²) in [5, 5.41) is 6.15. The zero-order valence-electron chi connectivity index (χ0n) is 15.5. The normalized spacial score (nSPS) is 10.7. The summed E-state index contributed by atoms with van der Waals surface area (Å²) in [6, 6.07) is 0. The molecular formula is C17H40N2O2S2. The van der Waals surface area contributed by atoms with E-state index in [0.29, 0.717) is 25.5 Å². The summed E-state index contributed by atoms with van der Waals surface area (Å²) in [6.45, 7) is 13.7. The highest BCUT2D eigenvalue weighted by Gasteiger charge is 1.99. The number of allylic oxidation sites excluding steroid dienone is 1. The number of carbonyl (C=O) groups is 1. The third-order valence-corrected chi connectivity index (χ3v) is 4.34. The summed E-state index contributed by atoms with van der Waals surface area (Å²) in [5.41, 5.74) is 0. The summed E-state index contributed by atoms with van der Waals surface area (Å²) >= 11 is 1.45. The molecule has 1 amide bonds.